The van der Waals surface area contributed by atoms with Gasteiger partial charge in [0.05, 0.1) is 17.1 Å². The van der Waals surface area contributed by atoms with Crippen LogP contribution in [-0.2, 0) is 0 Å². The Labute approximate surface area is 187 Å². The first-order chi connectivity index (χ1) is 15.3. The van der Waals surface area contributed by atoms with Crippen LogP contribution in [0, 0.1) is 20.8 Å². The van der Waals surface area contributed by atoms with E-state index in [0.29, 0.717) is 28.6 Å². The third-order valence-corrected chi connectivity index (χ3v) is 5.24. The van der Waals surface area contributed by atoms with Crippen molar-refractivity contribution in [3.05, 3.63) is 95.6 Å². The van der Waals surface area contributed by atoms with Crippen LogP contribution in [0.25, 0.3) is 0 Å². The van der Waals surface area contributed by atoms with Gasteiger partial charge in [0.2, 0.25) is 0 Å². The first-order valence-electron chi connectivity index (χ1n) is 10.3. The Bertz CT molecular complexity index is 1230. The van der Waals surface area contributed by atoms with Crippen molar-refractivity contribution in [2.45, 2.75) is 20.8 Å². The van der Waals surface area contributed by atoms with E-state index >= 15 is 0 Å². The lowest BCUT2D eigenvalue weighted by Gasteiger charge is -2.29. The lowest BCUT2D eigenvalue weighted by molar-refractivity contribution is 0.453. The first-order valence-corrected chi connectivity index (χ1v) is 10.3. The molecule has 162 valence electrons. The largest absolute Gasteiger partial charge is 0.508 e. The number of nitrogens with zero attached hydrogens (tertiary/aromatic N) is 1. The van der Waals surface area contributed by atoms with Gasteiger partial charge < -0.3 is 20.1 Å². The van der Waals surface area contributed by atoms with E-state index in [4.69, 9.17) is 4.74 Å². The number of rotatable bonds is 5. The molecule has 0 aliphatic rings. The fourth-order valence-corrected chi connectivity index (χ4v) is 3.56. The maximum atomic E-state index is 10.8. The molecule has 0 saturated heterocycles. The van der Waals surface area contributed by atoms with Crippen molar-refractivity contribution in [1.82, 2.24) is 0 Å². The van der Waals surface area contributed by atoms with Crippen molar-refractivity contribution in [2.24, 2.45) is 0 Å². The van der Waals surface area contributed by atoms with Crippen LogP contribution in [0.15, 0.2) is 78.9 Å². The Morgan fingerprint density at radius 3 is 1.81 bits per heavy atom. The summed E-state index contributed by atoms with van der Waals surface area (Å²) in [4.78, 5) is 1.78. The van der Waals surface area contributed by atoms with Gasteiger partial charge in [0, 0.05) is 6.07 Å². The third-order valence-electron chi connectivity index (χ3n) is 5.24. The standard InChI is InChI=1S/C27H25NO4/c1-17-8-12-24(30)22(14-17)28(23-15-18(2)9-13-25(23)31)21-6-4-5-7-26(21)32-27-16-20(29)11-10-19(27)3/h4-16,29-31H,1-3H3. The van der Waals surface area contributed by atoms with E-state index in [2.05, 4.69) is 0 Å². The van der Waals surface area contributed by atoms with Crippen molar-refractivity contribution in [3.63, 3.8) is 0 Å². The highest BCUT2D eigenvalue weighted by atomic mass is 16.5. The molecule has 5 nitrogen and oxygen atoms in total. The molecule has 5 heteroatoms. The molecule has 0 unspecified atom stereocenters. The van der Waals surface area contributed by atoms with E-state index in [9.17, 15) is 15.3 Å². The van der Waals surface area contributed by atoms with Gasteiger partial charge in [-0.2, -0.15) is 0 Å². The van der Waals surface area contributed by atoms with Crippen molar-refractivity contribution in [2.75, 3.05) is 4.90 Å². The molecule has 0 aliphatic heterocycles. The minimum Gasteiger partial charge on any atom is -0.508 e. The average molecular weight is 428 g/mol. The Morgan fingerprint density at radius 2 is 1.19 bits per heavy atom. The number of aromatic hydroxyl groups is 3. The number of para-hydroxylation sites is 2. The fourth-order valence-electron chi connectivity index (χ4n) is 3.56. The number of anilines is 3. The van der Waals surface area contributed by atoms with Gasteiger partial charge in [0.25, 0.3) is 0 Å². The van der Waals surface area contributed by atoms with E-state index in [0.717, 1.165) is 16.7 Å². The molecule has 0 radical (unpaired) electrons. The molecular formula is C27H25NO4. The highest BCUT2D eigenvalue weighted by molar-refractivity contribution is 5.86. The highest BCUT2D eigenvalue weighted by Crippen LogP contribution is 2.48. The summed E-state index contributed by atoms with van der Waals surface area (Å²) in [7, 11) is 0. The zero-order valence-electron chi connectivity index (χ0n) is 18.2. The molecule has 0 bridgehead atoms. The molecule has 0 atom stereocenters. The van der Waals surface area contributed by atoms with E-state index in [1.54, 1.807) is 35.2 Å². The van der Waals surface area contributed by atoms with Gasteiger partial charge in [-0.3, -0.25) is 4.90 Å². The van der Waals surface area contributed by atoms with Crippen molar-refractivity contribution in [3.8, 4) is 28.7 Å². The van der Waals surface area contributed by atoms with Gasteiger partial charge in [0.1, 0.15) is 23.0 Å². The summed E-state index contributed by atoms with van der Waals surface area (Å²) in [5, 5.41) is 31.4. The van der Waals surface area contributed by atoms with Crippen LogP contribution in [0.2, 0.25) is 0 Å². The minimum atomic E-state index is 0.0693. The van der Waals surface area contributed by atoms with Gasteiger partial charge in [-0.15, -0.1) is 0 Å². The van der Waals surface area contributed by atoms with Crippen LogP contribution in [0.5, 0.6) is 28.7 Å². The lowest BCUT2D eigenvalue weighted by atomic mass is 10.1. The second-order valence-electron chi connectivity index (χ2n) is 7.84. The highest BCUT2D eigenvalue weighted by Gasteiger charge is 2.23. The van der Waals surface area contributed by atoms with E-state index in [1.807, 2.05) is 69.3 Å². The molecule has 0 aliphatic carbocycles. The summed E-state index contributed by atoms with van der Waals surface area (Å²) < 4.78 is 6.22. The van der Waals surface area contributed by atoms with Crippen LogP contribution in [0.3, 0.4) is 0 Å². The zero-order chi connectivity index (χ0) is 22.8. The average Bonchev–Trinajstić information content (AvgIpc) is 2.77. The molecule has 0 spiro atoms. The number of ether oxygens (including phenoxy) is 1. The Kier molecular flexibility index (Phi) is 5.65. The SMILES string of the molecule is Cc1ccc(O)c(N(c2cc(C)ccc2O)c2ccccc2Oc2cc(O)ccc2C)c1. The number of hydrogen-bond donors (Lipinski definition) is 3. The van der Waals surface area contributed by atoms with Crippen molar-refractivity contribution in [1.29, 1.82) is 0 Å². The molecule has 0 fully saturated rings. The van der Waals surface area contributed by atoms with Crippen LogP contribution >= 0.6 is 0 Å². The number of benzene rings is 4. The number of phenols is 3. The Balaban J connectivity index is 1.94. The molecule has 0 amide bonds. The fraction of sp³-hybridized carbons (Fsp3) is 0.111. The maximum absolute atomic E-state index is 10.8. The molecule has 3 N–H and O–H groups in total. The smallest absolute Gasteiger partial charge is 0.151 e. The number of phenolic OH excluding ortho intramolecular Hbond substituents is 3. The summed E-state index contributed by atoms with van der Waals surface area (Å²) >= 11 is 0. The first kappa shape index (κ1) is 21.1. The zero-order valence-corrected chi connectivity index (χ0v) is 18.2. The summed E-state index contributed by atoms with van der Waals surface area (Å²) in [6, 6.07) is 23.0. The minimum absolute atomic E-state index is 0.0693. The lowest BCUT2D eigenvalue weighted by Crippen LogP contribution is -2.12. The number of hydrogen-bond acceptors (Lipinski definition) is 5. The second-order valence-corrected chi connectivity index (χ2v) is 7.84. The molecule has 0 saturated carbocycles. The van der Waals surface area contributed by atoms with Gasteiger partial charge >= 0.3 is 0 Å². The number of aryl methyl sites for hydroxylation is 3. The van der Waals surface area contributed by atoms with Crippen LogP contribution in [-0.4, -0.2) is 15.3 Å². The predicted octanol–water partition coefficient (Wildman–Crippen LogP) is 6.99. The van der Waals surface area contributed by atoms with E-state index in [-0.39, 0.29) is 17.2 Å². The molecular weight excluding hydrogens is 402 g/mol. The van der Waals surface area contributed by atoms with Gasteiger partial charge in [-0.05, 0) is 79.9 Å². The van der Waals surface area contributed by atoms with Crippen LogP contribution in [0.1, 0.15) is 16.7 Å². The van der Waals surface area contributed by atoms with Gasteiger partial charge in [0.15, 0.2) is 5.75 Å². The van der Waals surface area contributed by atoms with Crippen LogP contribution in [0.4, 0.5) is 17.1 Å². The summed E-state index contributed by atoms with van der Waals surface area (Å²) in [6.45, 7) is 5.78. The Hall–Kier alpha value is -4.12. The maximum Gasteiger partial charge on any atom is 0.151 e. The van der Waals surface area contributed by atoms with Crippen molar-refractivity contribution >= 4 is 17.1 Å². The summed E-state index contributed by atoms with van der Waals surface area (Å²) in [5.41, 5.74) is 4.41. The summed E-state index contributed by atoms with van der Waals surface area (Å²) in [5.74, 6) is 1.26. The molecule has 4 aromatic carbocycles. The molecule has 4 aromatic rings. The summed E-state index contributed by atoms with van der Waals surface area (Å²) in [6.07, 6.45) is 0. The molecule has 0 aromatic heterocycles. The monoisotopic (exact) mass is 427 g/mol. The van der Waals surface area contributed by atoms with E-state index in [1.165, 1.54) is 0 Å². The Morgan fingerprint density at radius 1 is 0.594 bits per heavy atom. The normalized spacial score (nSPS) is 10.7. The quantitative estimate of drug-likeness (QED) is 0.320. The van der Waals surface area contributed by atoms with E-state index < -0.39 is 0 Å². The predicted molar refractivity (Wildman–Crippen MR) is 127 cm³/mol. The molecule has 32 heavy (non-hydrogen) atoms. The second kappa shape index (κ2) is 8.55. The van der Waals surface area contributed by atoms with Gasteiger partial charge in [-0.1, -0.05) is 30.3 Å². The van der Waals surface area contributed by atoms with Crippen molar-refractivity contribution < 1.29 is 20.1 Å². The van der Waals surface area contributed by atoms with Gasteiger partial charge in [-0.25, -0.2) is 0 Å². The molecule has 4 rings (SSSR count). The topological polar surface area (TPSA) is 73.2 Å². The third kappa shape index (κ3) is 4.18. The van der Waals surface area contributed by atoms with Crippen LogP contribution < -0.4 is 9.64 Å². The molecule has 0 heterocycles.